The van der Waals surface area contributed by atoms with E-state index in [4.69, 9.17) is 4.42 Å². The van der Waals surface area contributed by atoms with Crippen molar-refractivity contribution in [2.75, 3.05) is 0 Å². The second kappa shape index (κ2) is 26.1. The van der Waals surface area contributed by atoms with E-state index in [1.54, 1.807) is 55.6 Å². The molecule has 22 nitrogen and oxygen atoms in total. The van der Waals surface area contributed by atoms with Crippen molar-refractivity contribution in [2.45, 2.75) is 111 Å². The monoisotopic (exact) mass is 855 g/mol. The van der Waals surface area contributed by atoms with Crippen LogP contribution >= 0.6 is 23.1 Å². The Kier molecular flexibility index (Phi) is 22.5. The van der Waals surface area contributed by atoms with Gasteiger partial charge in [-0.2, -0.15) is 23.8 Å². The molecule has 8 heterocycles. The van der Waals surface area contributed by atoms with Gasteiger partial charge in [-0.25, -0.2) is 15.0 Å². The minimum atomic E-state index is 0.623. The van der Waals surface area contributed by atoms with E-state index in [1.807, 2.05) is 90.4 Å². The second-order valence-corrected chi connectivity index (χ2v) is 14.3. The number of hydrogen-bond acceptors (Lipinski definition) is 21. The van der Waals surface area contributed by atoms with E-state index in [0.717, 1.165) is 56.1 Å². The lowest BCUT2D eigenvalue weighted by Gasteiger charge is -1.87. The number of rotatable bonds is 0. The number of nitrogens with zero attached hydrogens (tertiary/aromatic N) is 19. The molecule has 0 unspecified atom stereocenters. The first-order chi connectivity index (χ1) is 27.6. The maximum atomic E-state index is 4.86. The zero-order valence-corrected chi connectivity index (χ0v) is 39.2. The Hall–Kier alpha value is -6.04. The van der Waals surface area contributed by atoms with E-state index in [1.165, 1.54) is 23.1 Å². The van der Waals surface area contributed by atoms with Crippen LogP contribution in [0.3, 0.4) is 0 Å². The second-order valence-electron chi connectivity index (χ2n) is 12.4. The molecule has 0 aliphatic heterocycles. The zero-order chi connectivity index (χ0) is 44.8. The molecule has 0 aliphatic carbocycles. The highest BCUT2D eigenvalue weighted by molar-refractivity contribution is 7.05. The lowest BCUT2D eigenvalue weighted by molar-refractivity contribution is 0.389. The summed E-state index contributed by atoms with van der Waals surface area (Å²) in [5, 5.41) is 35.6. The van der Waals surface area contributed by atoms with Crippen LogP contribution in [0.2, 0.25) is 0 Å². The van der Waals surface area contributed by atoms with E-state index >= 15 is 0 Å². The minimum Gasteiger partial charge on any atom is -0.426 e. The first-order valence-electron chi connectivity index (χ1n) is 17.9. The third kappa shape index (κ3) is 21.9. The van der Waals surface area contributed by atoms with Crippen molar-refractivity contribution in [3.8, 4) is 0 Å². The van der Waals surface area contributed by atoms with Gasteiger partial charge in [-0.15, -0.1) is 20.4 Å². The summed E-state index contributed by atoms with van der Waals surface area (Å²) in [7, 11) is 5.65. The molecule has 8 rings (SSSR count). The highest BCUT2D eigenvalue weighted by Gasteiger charge is 1.98. The van der Waals surface area contributed by atoms with Gasteiger partial charge >= 0.3 is 0 Å². The lowest BCUT2D eigenvalue weighted by Crippen LogP contribution is -1.92. The Labute approximate surface area is 352 Å². The van der Waals surface area contributed by atoms with E-state index < -0.39 is 0 Å². The summed E-state index contributed by atoms with van der Waals surface area (Å²) in [6.07, 6.45) is 0. The molecule has 0 fully saturated rings. The van der Waals surface area contributed by atoms with E-state index in [2.05, 4.69) is 88.9 Å². The fourth-order valence-corrected chi connectivity index (χ4v) is 4.59. The number of aryl methyl sites for hydroxylation is 17. The van der Waals surface area contributed by atoms with Crippen molar-refractivity contribution in [1.29, 1.82) is 0 Å². The van der Waals surface area contributed by atoms with Gasteiger partial charge in [-0.3, -0.25) is 14.0 Å². The van der Waals surface area contributed by atoms with Gasteiger partial charge in [0.25, 0.3) is 0 Å². The van der Waals surface area contributed by atoms with E-state index in [9.17, 15) is 0 Å². The van der Waals surface area contributed by atoms with Gasteiger partial charge in [0.2, 0.25) is 23.6 Å². The van der Waals surface area contributed by atoms with Gasteiger partial charge in [0.15, 0.2) is 11.6 Å². The highest BCUT2D eigenvalue weighted by atomic mass is 32.1. The van der Waals surface area contributed by atoms with Crippen LogP contribution < -0.4 is 0 Å². The molecule has 59 heavy (non-hydrogen) atoms. The van der Waals surface area contributed by atoms with Crippen molar-refractivity contribution in [2.24, 2.45) is 21.1 Å². The molecule has 8 aromatic rings. The Morgan fingerprint density at radius 1 is 0.407 bits per heavy atom. The predicted octanol–water partition coefficient (Wildman–Crippen LogP) is 5.67. The third-order valence-electron chi connectivity index (χ3n) is 6.91. The van der Waals surface area contributed by atoms with Gasteiger partial charge in [-0.05, 0) is 106 Å². The number of aromatic nitrogens is 19. The van der Waals surface area contributed by atoms with Crippen LogP contribution in [-0.2, 0) is 21.1 Å². The Balaban J connectivity index is 0.000000337. The molecule has 0 aliphatic rings. The van der Waals surface area contributed by atoms with Crippen LogP contribution in [0.1, 0.15) is 91.3 Å². The average Bonchev–Trinajstić information content (AvgIpc) is 4.08. The molecule has 0 radical (unpaired) electrons. The van der Waals surface area contributed by atoms with Crippen molar-refractivity contribution in [3.63, 3.8) is 0 Å². The van der Waals surface area contributed by atoms with E-state index in [0.29, 0.717) is 35.2 Å². The quantitative estimate of drug-likeness (QED) is 0.178. The van der Waals surface area contributed by atoms with Gasteiger partial charge in [0.05, 0.1) is 22.8 Å². The van der Waals surface area contributed by atoms with Crippen LogP contribution in [0, 0.1) is 111 Å². The van der Waals surface area contributed by atoms with Gasteiger partial charge in [0.1, 0.15) is 33.3 Å². The Morgan fingerprint density at radius 2 is 0.797 bits per heavy atom. The smallest absolute Gasteiger partial charge is 0.223 e. The highest BCUT2D eigenvalue weighted by Crippen LogP contribution is 2.00. The molecule has 8 aromatic heterocycles. The topological polar surface area (TPSA) is 260 Å². The van der Waals surface area contributed by atoms with E-state index in [-0.39, 0.29) is 0 Å². The van der Waals surface area contributed by atoms with Crippen LogP contribution in [0.5, 0.6) is 0 Å². The molecule has 0 bridgehead atoms. The normalized spacial score (nSPS) is 9.61. The summed E-state index contributed by atoms with van der Waals surface area (Å²) in [4.78, 5) is 19.8. The van der Waals surface area contributed by atoms with Crippen LogP contribution in [-0.4, -0.2) is 93.9 Å². The molecule has 0 saturated heterocycles. The molecule has 24 heteroatoms. The van der Waals surface area contributed by atoms with Crippen molar-refractivity contribution >= 4 is 23.1 Å². The lowest BCUT2D eigenvalue weighted by atomic mass is 10.4. The van der Waals surface area contributed by atoms with Crippen molar-refractivity contribution in [1.82, 2.24) is 93.9 Å². The largest absolute Gasteiger partial charge is 0.426 e. The fourth-order valence-electron chi connectivity index (χ4n) is 3.63. The summed E-state index contributed by atoms with van der Waals surface area (Å²) >= 11 is 2.89. The van der Waals surface area contributed by atoms with Crippen LogP contribution in [0.15, 0.2) is 13.5 Å². The third-order valence-corrected chi connectivity index (χ3v) is 8.33. The van der Waals surface area contributed by atoms with Gasteiger partial charge in [0, 0.05) is 48.8 Å². The molecular formula is C35H57N19O3S2. The number of hydrogen-bond donors (Lipinski definition) is 0. The van der Waals surface area contributed by atoms with Gasteiger partial charge < -0.3 is 13.5 Å². The van der Waals surface area contributed by atoms with Gasteiger partial charge in [-0.1, -0.05) is 20.7 Å². The van der Waals surface area contributed by atoms with Crippen molar-refractivity contribution < 1.29 is 13.5 Å². The molecule has 0 aromatic carbocycles. The zero-order valence-electron chi connectivity index (χ0n) is 37.5. The maximum Gasteiger partial charge on any atom is 0.223 e. The maximum absolute atomic E-state index is 4.86. The molecule has 0 saturated carbocycles. The summed E-state index contributed by atoms with van der Waals surface area (Å²) in [5.41, 5.74) is 4.27. The summed E-state index contributed by atoms with van der Waals surface area (Å²) in [5.74, 6) is 7.43. The molecule has 0 spiro atoms. The van der Waals surface area contributed by atoms with Crippen LogP contribution in [0.4, 0.5) is 0 Å². The predicted molar refractivity (Wildman–Crippen MR) is 222 cm³/mol. The first-order valence-corrected chi connectivity index (χ1v) is 19.5. The Bertz CT molecular complexity index is 1930. The molecule has 0 N–H and O–H groups in total. The first kappa shape index (κ1) is 51.0. The standard InChI is InChI=1S/3C5H9N3.3C4H6N2O.2C4H6N2S/c1-4-6-5(2)8(3)7-4;2*1-4-5(2)8(3)7-6-4;1-3-5-6-4(2)7-3;4*1-3-5-4(2)7-6-3/h3*1-3H3;5*1-2H3. The summed E-state index contributed by atoms with van der Waals surface area (Å²) in [6, 6.07) is 0. The summed E-state index contributed by atoms with van der Waals surface area (Å²) in [6.45, 7) is 30.0. The van der Waals surface area contributed by atoms with Crippen LogP contribution in [0.25, 0.3) is 0 Å². The molecule has 0 amide bonds. The molecule has 0 atom stereocenters. The SMILES string of the molecule is Cc1nc(C)n(C)n1.Cc1nnc(C)o1.Cc1nnn(C)c1C.Cc1nnn(C)c1C.Cc1noc(C)n1.Cc1noc(C)n1.Cc1nsc(C)n1.Cc1nsc(C)n1. The summed E-state index contributed by atoms with van der Waals surface area (Å²) < 4.78 is 27.2. The minimum absolute atomic E-state index is 0.623. The Morgan fingerprint density at radius 3 is 0.881 bits per heavy atom. The fraction of sp³-hybridized carbons (Fsp3) is 0.543. The van der Waals surface area contributed by atoms with Crippen molar-refractivity contribution in [3.05, 3.63) is 91.3 Å². The molecular weight excluding hydrogens is 799 g/mol. The average molecular weight is 856 g/mol. The molecule has 322 valence electrons.